The van der Waals surface area contributed by atoms with E-state index in [1.165, 1.54) is 24.3 Å². The van der Waals surface area contributed by atoms with E-state index >= 15 is 0 Å². The van der Waals surface area contributed by atoms with Gasteiger partial charge in [-0.15, -0.1) is 0 Å². The van der Waals surface area contributed by atoms with Gasteiger partial charge in [0, 0.05) is 39.2 Å². The average molecular weight is 673 g/mol. The lowest BCUT2D eigenvalue weighted by Crippen LogP contribution is -2.32. The summed E-state index contributed by atoms with van der Waals surface area (Å²) in [6, 6.07) is 23.2. The van der Waals surface area contributed by atoms with Crippen molar-refractivity contribution < 1.29 is 24.0 Å². The zero-order valence-corrected chi connectivity index (χ0v) is 25.9. The number of benzene rings is 4. The molecule has 0 spiro atoms. The fourth-order valence-electron chi connectivity index (χ4n) is 5.83. The number of H-pyrrole nitrogens is 1. The minimum absolute atomic E-state index is 0.183. The lowest BCUT2D eigenvalue weighted by atomic mass is 9.82. The molecule has 2 aliphatic rings. The van der Waals surface area contributed by atoms with Crippen LogP contribution in [0.25, 0.3) is 10.8 Å². The molecular formula is C32H21ClN4O7S2. The van der Waals surface area contributed by atoms with E-state index in [4.69, 9.17) is 16.3 Å². The van der Waals surface area contributed by atoms with Gasteiger partial charge in [-0.25, -0.2) is 4.90 Å². The van der Waals surface area contributed by atoms with E-state index < -0.39 is 39.7 Å². The van der Waals surface area contributed by atoms with Crippen molar-refractivity contribution >= 4 is 80.3 Å². The first-order chi connectivity index (χ1) is 22.2. The molecule has 7 rings (SSSR count). The number of thiazole rings is 1. The summed E-state index contributed by atoms with van der Waals surface area (Å²) in [7, 11) is 0. The number of nitro groups is 1. The number of nitrogens with zero attached hydrogens (tertiary/aromatic N) is 2. The SMILES string of the molecule is O=C(COc1ccc(Cl)cc1C1c2sc(=O)[nH]c2SC2C(=O)N(c3ccc([N+](=O)[O-])cc3)C(=O)C21)Nc1ccc2ccccc2c1. The summed E-state index contributed by atoms with van der Waals surface area (Å²) in [4.78, 5) is 67.9. The van der Waals surface area contributed by atoms with Crippen LogP contribution in [0.3, 0.4) is 0 Å². The van der Waals surface area contributed by atoms with E-state index in [1.807, 2.05) is 36.4 Å². The Morgan fingerprint density at radius 2 is 1.74 bits per heavy atom. The van der Waals surface area contributed by atoms with Gasteiger partial charge in [0.2, 0.25) is 11.8 Å². The van der Waals surface area contributed by atoms with Crippen LogP contribution in [0.4, 0.5) is 17.1 Å². The van der Waals surface area contributed by atoms with Gasteiger partial charge in [0.25, 0.3) is 11.6 Å². The van der Waals surface area contributed by atoms with Crippen LogP contribution >= 0.6 is 34.7 Å². The van der Waals surface area contributed by atoms with Gasteiger partial charge in [-0.3, -0.25) is 29.3 Å². The van der Waals surface area contributed by atoms with E-state index in [0.29, 0.717) is 26.2 Å². The highest BCUT2D eigenvalue weighted by Crippen LogP contribution is 2.54. The minimum Gasteiger partial charge on any atom is -0.483 e. The van der Waals surface area contributed by atoms with Gasteiger partial charge in [0.05, 0.1) is 21.6 Å². The van der Waals surface area contributed by atoms with Crippen LogP contribution in [0.5, 0.6) is 5.75 Å². The molecule has 4 aromatic carbocycles. The first-order valence-corrected chi connectivity index (χ1v) is 16.0. The summed E-state index contributed by atoms with van der Waals surface area (Å²) in [5.41, 5.74) is 1.04. The van der Waals surface area contributed by atoms with E-state index in [9.17, 15) is 29.3 Å². The number of rotatable bonds is 7. The largest absolute Gasteiger partial charge is 0.483 e. The Morgan fingerprint density at radius 1 is 0.978 bits per heavy atom. The topological polar surface area (TPSA) is 152 Å². The minimum atomic E-state index is -0.959. The number of carbonyl (C=O) groups is 3. The van der Waals surface area contributed by atoms with E-state index in [2.05, 4.69) is 10.3 Å². The van der Waals surface area contributed by atoms with Crippen molar-refractivity contribution in [2.45, 2.75) is 16.2 Å². The number of imide groups is 1. The fraction of sp³-hybridized carbons (Fsp3) is 0.125. The number of nitrogens with one attached hydrogen (secondary N) is 2. The first-order valence-electron chi connectivity index (χ1n) is 13.9. The van der Waals surface area contributed by atoms with Crippen molar-refractivity contribution in [3.63, 3.8) is 0 Å². The maximum absolute atomic E-state index is 14.1. The molecule has 11 nitrogen and oxygen atoms in total. The van der Waals surface area contributed by atoms with Crippen LogP contribution in [-0.2, 0) is 14.4 Å². The second-order valence-electron chi connectivity index (χ2n) is 10.6. The number of hydrogen-bond acceptors (Lipinski definition) is 9. The maximum atomic E-state index is 14.1. The molecule has 0 radical (unpaired) electrons. The van der Waals surface area contributed by atoms with Gasteiger partial charge in [-0.2, -0.15) is 0 Å². The molecule has 0 aliphatic carbocycles. The zero-order chi connectivity index (χ0) is 32.1. The number of carbonyl (C=O) groups excluding carboxylic acids is 3. The predicted octanol–water partition coefficient (Wildman–Crippen LogP) is 5.96. The van der Waals surface area contributed by atoms with Crippen molar-refractivity contribution in [3.05, 3.63) is 120 Å². The number of aromatic nitrogens is 1. The van der Waals surface area contributed by atoms with Crippen LogP contribution in [-0.4, -0.2) is 39.5 Å². The molecular weight excluding hydrogens is 652 g/mol. The van der Waals surface area contributed by atoms with Gasteiger partial charge in [0.15, 0.2) is 6.61 Å². The molecule has 1 saturated heterocycles. The van der Waals surface area contributed by atoms with Crippen molar-refractivity contribution in [3.8, 4) is 5.75 Å². The van der Waals surface area contributed by atoms with Crippen LogP contribution < -0.4 is 19.8 Å². The normalized spacial score (nSPS) is 18.7. The average Bonchev–Trinajstić information content (AvgIpc) is 3.54. The molecule has 2 aliphatic heterocycles. The molecule has 0 saturated carbocycles. The van der Waals surface area contributed by atoms with Crippen LogP contribution in [0, 0.1) is 16.0 Å². The smallest absolute Gasteiger partial charge is 0.305 e. The van der Waals surface area contributed by atoms with Gasteiger partial charge >= 0.3 is 4.87 Å². The molecule has 0 bridgehead atoms. The Labute approximate surface area is 273 Å². The van der Waals surface area contributed by atoms with Crippen molar-refractivity contribution in [2.75, 3.05) is 16.8 Å². The molecule has 3 amide bonds. The van der Waals surface area contributed by atoms with Crippen LogP contribution in [0.15, 0.2) is 94.7 Å². The Bertz CT molecular complexity index is 2130. The van der Waals surface area contributed by atoms with Crippen molar-refractivity contribution in [1.82, 2.24) is 4.98 Å². The van der Waals surface area contributed by atoms with Crippen molar-refractivity contribution in [1.29, 1.82) is 0 Å². The van der Waals surface area contributed by atoms with E-state index in [0.717, 1.165) is 38.8 Å². The number of fused-ring (bicyclic) bond motifs is 3. The Hall–Kier alpha value is -4.98. The monoisotopic (exact) mass is 672 g/mol. The number of thioether (sulfide) groups is 1. The van der Waals surface area contributed by atoms with Gasteiger partial charge in [0.1, 0.15) is 11.0 Å². The summed E-state index contributed by atoms with van der Waals surface area (Å²) in [6.07, 6.45) is 0. The van der Waals surface area contributed by atoms with Gasteiger partial charge < -0.3 is 15.0 Å². The summed E-state index contributed by atoms with van der Waals surface area (Å²) >= 11 is 8.45. The standard InChI is InChI=1S/C32H21ClN4O7S2/c33-18-6-12-23(44-15-24(38)34-19-7-5-16-3-1-2-4-17(16)13-19)22(14-18)25-26-28(45-29-27(25)46-32(41)35-29)31(40)36(30(26)39)20-8-10-21(11-9-20)37(42)43/h1-14,25-26,28H,15H2,(H,34,38)(H,35,41). The number of aromatic amines is 1. The molecule has 1 aromatic heterocycles. The van der Waals surface area contributed by atoms with E-state index in [1.54, 1.807) is 24.3 Å². The lowest BCUT2D eigenvalue weighted by molar-refractivity contribution is -0.384. The molecule has 5 aromatic rings. The quantitative estimate of drug-likeness (QED) is 0.122. The Morgan fingerprint density at radius 3 is 2.50 bits per heavy atom. The number of nitro benzene ring substituents is 1. The fourth-order valence-corrected chi connectivity index (χ4v) is 8.52. The maximum Gasteiger partial charge on any atom is 0.305 e. The highest BCUT2D eigenvalue weighted by atomic mass is 35.5. The molecule has 3 unspecified atom stereocenters. The predicted molar refractivity (Wildman–Crippen MR) is 175 cm³/mol. The van der Waals surface area contributed by atoms with Crippen LogP contribution in [0.1, 0.15) is 16.4 Å². The molecule has 3 heterocycles. The van der Waals surface area contributed by atoms with Gasteiger partial charge in [-0.05, 0) is 53.2 Å². The van der Waals surface area contributed by atoms with Gasteiger partial charge in [-0.1, -0.05) is 65.0 Å². The van der Waals surface area contributed by atoms with Crippen molar-refractivity contribution in [2.24, 2.45) is 5.92 Å². The van der Waals surface area contributed by atoms with Crippen LogP contribution in [0.2, 0.25) is 5.02 Å². The third-order valence-electron chi connectivity index (χ3n) is 7.84. The highest BCUT2D eigenvalue weighted by molar-refractivity contribution is 8.00. The second-order valence-corrected chi connectivity index (χ2v) is 13.2. The number of ether oxygens (including phenoxy) is 1. The number of hydrogen-bond donors (Lipinski definition) is 2. The molecule has 230 valence electrons. The molecule has 3 atom stereocenters. The highest BCUT2D eigenvalue weighted by Gasteiger charge is 2.57. The number of amides is 3. The third-order valence-corrected chi connectivity index (χ3v) is 10.5. The molecule has 1 fully saturated rings. The summed E-state index contributed by atoms with van der Waals surface area (Å²) < 4.78 is 6.01. The summed E-state index contributed by atoms with van der Waals surface area (Å²) in [5, 5.41) is 15.9. The molecule has 14 heteroatoms. The number of non-ortho nitro benzene ring substituents is 1. The van der Waals surface area contributed by atoms with E-state index in [-0.39, 0.29) is 28.6 Å². The Balaban J connectivity index is 1.21. The third kappa shape index (κ3) is 5.31. The first kappa shape index (κ1) is 29.7. The molecule has 46 heavy (non-hydrogen) atoms. The Kier molecular flexibility index (Phi) is 7.59. The lowest BCUT2D eigenvalue weighted by Gasteiger charge is -2.31. The second kappa shape index (κ2) is 11.7. The number of halogens is 1. The zero-order valence-electron chi connectivity index (χ0n) is 23.5. The molecule has 2 N–H and O–H groups in total. The number of anilines is 2. The summed E-state index contributed by atoms with van der Waals surface area (Å²) in [5.74, 6) is -2.99. The summed E-state index contributed by atoms with van der Waals surface area (Å²) in [6.45, 7) is -0.366.